The molecule has 0 amide bonds. The predicted octanol–water partition coefficient (Wildman–Crippen LogP) is -0.225. The minimum Gasteiger partial charge on any atom is -0.369 e. The van der Waals surface area contributed by atoms with Gasteiger partial charge in [0.1, 0.15) is 11.9 Å². The van der Waals surface area contributed by atoms with E-state index in [9.17, 15) is 0 Å². The van der Waals surface area contributed by atoms with Gasteiger partial charge in [-0.15, -0.1) is 0 Å². The quantitative estimate of drug-likeness (QED) is 0.731. The summed E-state index contributed by atoms with van der Waals surface area (Å²) in [7, 11) is 2.12. The molecule has 6 nitrogen and oxygen atoms in total. The van der Waals surface area contributed by atoms with Crippen LogP contribution in [0, 0.1) is 0 Å². The van der Waals surface area contributed by atoms with E-state index in [1.54, 1.807) is 0 Å². The van der Waals surface area contributed by atoms with Crippen molar-refractivity contribution in [2.75, 3.05) is 33.3 Å². The molecule has 94 valence electrons. The zero-order valence-electron chi connectivity index (χ0n) is 10.2. The molecule has 1 unspecified atom stereocenters. The van der Waals surface area contributed by atoms with Crippen LogP contribution in [-0.2, 0) is 17.8 Å². The van der Waals surface area contributed by atoms with Crippen LogP contribution in [0.5, 0.6) is 0 Å². The summed E-state index contributed by atoms with van der Waals surface area (Å²) in [4.78, 5) is 6.89. The van der Waals surface area contributed by atoms with Crippen molar-refractivity contribution >= 4 is 0 Å². The first-order valence-electron chi connectivity index (χ1n) is 6.27. The third kappa shape index (κ3) is 2.34. The number of rotatable bonds is 1. The molecule has 0 saturated carbocycles. The zero-order valence-corrected chi connectivity index (χ0v) is 10.2. The van der Waals surface area contributed by atoms with Crippen molar-refractivity contribution in [3.8, 4) is 0 Å². The highest BCUT2D eigenvalue weighted by molar-refractivity contribution is 4.99. The minimum absolute atomic E-state index is 0.0633. The third-order valence-corrected chi connectivity index (χ3v) is 3.34. The van der Waals surface area contributed by atoms with E-state index in [0.717, 1.165) is 57.4 Å². The average Bonchev–Trinajstić information content (AvgIpc) is 2.57. The van der Waals surface area contributed by atoms with Crippen molar-refractivity contribution in [2.24, 2.45) is 0 Å². The number of nitrogens with zero attached hydrogens (tertiary/aromatic N) is 4. The second-order valence-corrected chi connectivity index (χ2v) is 4.75. The van der Waals surface area contributed by atoms with Crippen LogP contribution in [0.3, 0.4) is 0 Å². The molecule has 1 saturated heterocycles. The molecule has 2 aliphatic heterocycles. The number of fused-ring (bicyclic) bond motifs is 1. The maximum absolute atomic E-state index is 5.78. The van der Waals surface area contributed by atoms with E-state index in [-0.39, 0.29) is 6.10 Å². The molecule has 0 spiro atoms. The van der Waals surface area contributed by atoms with E-state index in [0.29, 0.717) is 0 Å². The predicted molar refractivity (Wildman–Crippen MR) is 62.5 cm³/mol. The number of aromatic nitrogens is 3. The molecule has 0 aliphatic carbocycles. The fourth-order valence-corrected chi connectivity index (χ4v) is 2.33. The summed E-state index contributed by atoms with van der Waals surface area (Å²) < 4.78 is 7.80. The fourth-order valence-electron chi connectivity index (χ4n) is 2.33. The first kappa shape index (κ1) is 11.1. The Bertz CT molecular complexity index is 383. The Kier molecular flexibility index (Phi) is 3.09. The molecule has 0 aromatic carbocycles. The Morgan fingerprint density at radius 2 is 2.29 bits per heavy atom. The van der Waals surface area contributed by atoms with E-state index in [2.05, 4.69) is 27.3 Å². The molecule has 6 heteroatoms. The molecule has 0 radical (unpaired) electrons. The normalized spacial score (nSPS) is 26.5. The van der Waals surface area contributed by atoms with Crippen LogP contribution in [0.25, 0.3) is 0 Å². The SMILES string of the molecule is CN1CCn2nc(C3CCNCCO3)nc2C1. The molecule has 0 bridgehead atoms. The number of likely N-dealkylation sites (N-methyl/N-ethyl adjacent to an activating group) is 1. The third-order valence-electron chi connectivity index (χ3n) is 3.34. The summed E-state index contributed by atoms with van der Waals surface area (Å²) in [6.07, 6.45) is 1.02. The summed E-state index contributed by atoms with van der Waals surface area (Å²) in [5.74, 6) is 1.92. The maximum atomic E-state index is 5.78. The monoisotopic (exact) mass is 237 g/mol. The number of nitrogens with one attached hydrogen (secondary N) is 1. The zero-order chi connectivity index (χ0) is 11.7. The molecular weight excluding hydrogens is 218 g/mol. The second kappa shape index (κ2) is 4.72. The molecule has 1 N–H and O–H groups in total. The van der Waals surface area contributed by atoms with Crippen LogP contribution in [0.15, 0.2) is 0 Å². The highest BCUT2D eigenvalue weighted by Gasteiger charge is 2.23. The van der Waals surface area contributed by atoms with Gasteiger partial charge in [0.15, 0.2) is 5.82 Å². The van der Waals surface area contributed by atoms with Crippen LogP contribution in [0.1, 0.15) is 24.2 Å². The van der Waals surface area contributed by atoms with Crippen LogP contribution in [0.2, 0.25) is 0 Å². The smallest absolute Gasteiger partial charge is 0.179 e. The van der Waals surface area contributed by atoms with Gasteiger partial charge in [-0.3, -0.25) is 4.90 Å². The Hall–Kier alpha value is -0.980. The van der Waals surface area contributed by atoms with Crippen molar-refractivity contribution in [3.63, 3.8) is 0 Å². The van der Waals surface area contributed by atoms with Gasteiger partial charge in [0, 0.05) is 13.1 Å². The number of hydrogen-bond donors (Lipinski definition) is 1. The summed E-state index contributed by atoms with van der Waals surface area (Å²) in [6.45, 7) is 5.51. The lowest BCUT2D eigenvalue weighted by atomic mass is 10.2. The van der Waals surface area contributed by atoms with Crippen molar-refractivity contribution in [3.05, 3.63) is 11.6 Å². The minimum atomic E-state index is 0.0633. The molecule has 3 rings (SSSR count). The van der Waals surface area contributed by atoms with E-state index in [1.165, 1.54) is 0 Å². The van der Waals surface area contributed by atoms with Gasteiger partial charge in [-0.2, -0.15) is 5.10 Å². The highest BCUT2D eigenvalue weighted by atomic mass is 16.5. The summed E-state index contributed by atoms with van der Waals surface area (Å²) >= 11 is 0. The molecule has 1 aromatic rings. The van der Waals surface area contributed by atoms with Crippen LogP contribution in [-0.4, -0.2) is 53.0 Å². The number of hydrogen-bond acceptors (Lipinski definition) is 5. The Labute approximate surface area is 101 Å². The first-order chi connectivity index (χ1) is 8.33. The van der Waals surface area contributed by atoms with Crippen molar-refractivity contribution in [1.29, 1.82) is 0 Å². The summed E-state index contributed by atoms with van der Waals surface area (Å²) in [6, 6.07) is 0. The molecule has 1 atom stereocenters. The van der Waals surface area contributed by atoms with Crippen LogP contribution < -0.4 is 5.32 Å². The highest BCUT2D eigenvalue weighted by Crippen LogP contribution is 2.20. The van der Waals surface area contributed by atoms with Gasteiger partial charge < -0.3 is 10.1 Å². The molecule has 1 aromatic heterocycles. The Morgan fingerprint density at radius 1 is 1.35 bits per heavy atom. The van der Waals surface area contributed by atoms with E-state index >= 15 is 0 Å². The van der Waals surface area contributed by atoms with Gasteiger partial charge in [-0.05, 0) is 20.0 Å². The topological polar surface area (TPSA) is 55.2 Å². The lowest BCUT2D eigenvalue weighted by Crippen LogP contribution is -2.30. The Morgan fingerprint density at radius 3 is 3.24 bits per heavy atom. The second-order valence-electron chi connectivity index (χ2n) is 4.75. The van der Waals surface area contributed by atoms with Crippen molar-refractivity contribution in [1.82, 2.24) is 25.0 Å². The van der Waals surface area contributed by atoms with Gasteiger partial charge in [0.25, 0.3) is 0 Å². The standard InChI is InChI=1S/C11H19N5O/c1-15-5-6-16-10(8-15)13-11(14-16)9-2-3-12-4-7-17-9/h9,12H,2-8H2,1H3. The van der Waals surface area contributed by atoms with Gasteiger partial charge in [-0.1, -0.05) is 0 Å². The average molecular weight is 237 g/mol. The summed E-state index contributed by atoms with van der Waals surface area (Å²) in [5, 5.41) is 7.90. The Balaban J connectivity index is 1.79. The van der Waals surface area contributed by atoms with Crippen LogP contribution in [0.4, 0.5) is 0 Å². The molecule has 2 aliphatic rings. The molecular formula is C11H19N5O. The van der Waals surface area contributed by atoms with Gasteiger partial charge >= 0.3 is 0 Å². The lowest BCUT2D eigenvalue weighted by molar-refractivity contribution is 0.0579. The van der Waals surface area contributed by atoms with Gasteiger partial charge in [0.2, 0.25) is 0 Å². The lowest BCUT2D eigenvalue weighted by Gasteiger charge is -2.21. The molecule has 3 heterocycles. The molecule has 17 heavy (non-hydrogen) atoms. The van der Waals surface area contributed by atoms with E-state index in [1.807, 2.05) is 4.68 Å². The first-order valence-corrected chi connectivity index (χ1v) is 6.27. The molecule has 1 fully saturated rings. The van der Waals surface area contributed by atoms with Crippen molar-refractivity contribution < 1.29 is 4.74 Å². The maximum Gasteiger partial charge on any atom is 0.179 e. The van der Waals surface area contributed by atoms with E-state index in [4.69, 9.17) is 4.74 Å². The number of ether oxygens (including phenoxy) is 1. The van der Waals surface area contributed by atoms with E-state index < -0.39 is 0 Å². The largest absolute Gasteiger partial charge is 0.369 e. The fraction of sp³-hybridized carbons (Fsp3) is 0.818. The van der Waals surface area contributed by atoms with Gasteiger partial charge in [-0.25, -0.2) is 9.67 Å². The van der Waals surface area contributed by atoms with Gasteiger partial charge in [0.05, 0.1) is 19.7 Å². The van der Waals surface area contributed by atoms with Crippen LogP contribution >= 0.6 is 0 Å². The summed E-state index contributed by atoms with van der Waals surface area (Å²) in [5.41, 5.74) is 0. The van der Waals surface area contributed by atoms with Crippen molar-refractivity contribution in [2.45, 2.75) is 25.6 Å².